The van der Waals surface area contributed by atoms with Crippen molar-refractivity contribution in [2.75, 3.05) is 7.11 Å². The first-order valence-electron chi connectivity index (χ1n) is 6.28. The maximum atomic E-state index is 13.9. The smallest absolute Gasteiger partial charge is 0.165 e. The summed E-state index contributed by atoms with van der Waals surface area (Å²) in [6, 6.07) is 9.29. The van der Waals surface area contributed by atoms with Crippen LogP contribution < -0.4 is 4.74 Å². The summed E-state index contributed by atoms with van der Waals surface area (Å²) < 4.78 is 32.3. The molecule has 0 saturated carbocycles. The van der Waals surface area contributed by atoms with Crippen molar-refractivity contribution in [2.24, 2.45) is 0 Å². The molecule has 0 saturated heterocycles. The normalized spacial score (nSPS) is 12.2. The SMILES string of the molecule is COc1ccc(CC(O)c2cccc(C)c2F)cc1F. The summed E-state index contributed by atoms with van der Waals surface area (Å²) in [5, 5.41) is 10.1. The number of halogens is 2. The van der Waals surface area contributed by atoms with Gasteiger partial charge < -0.3 is 9.84 Å². The van der Waals surface area contributed by atoms with E-state index < -0.39 is 17.7 Å². The van der Waals surface area contributed by atoms with E-state index in [0.717, 1.165) is 0 Å². The maximum absolute atomic E-state index is 13.9. The van der Waals surface area contributed by atoms with Crippen LogP contribution >= 0.6 is 0 Å². The molecule has 0 amide bonds. The van der Waals surface area contributed by atoms with E-state index in [1.165, 1.54) is 25.3 Å². The Kier molecular flexibility index (Phi) is 4.35. The van der Waals surface area contributed by atoms with Crippen molar-refractivity contribution < 1.29 is 18.6 Å². The summed E-state index contributed by atoms with van der Waals surface area (Å²) in [4.78, 5) is 0. The average molecular weight is 278 g/mol. The third-order valence-electron chi connectivity index (χ3n) is 3.23. The molecule has 1 atom stereocenters. The number of hydrogen-bond donors (Lipinski definition) is 1. The lowest BCUT2D eigenvalue weighted by atomic mass is 9.99. The molecule has 0 spiro atoms. The van der Waals surface area contributed by atoms with Crippen LogP contribution in [-0.4, -0.2) is 12.2 Å². The van der Waals surface area contributed by atoms with Crippen molar-refractivity contribution >= 4 is 0 Å². The van der Waals surface area contributed by atoms with Crippen molar-refractivity contribution in [3.63, 3.8) is 0 Å². The minimum absolute atomic E-state index is 0.140. The van der Waals surface area contributed by atoms with Gasteiger partial charge in [0, 0.05) is 12.0 Å². The molecule has 0 bridgehead atoms. The summed E-state index contributed by atoms with van der Waals surface area (Å²) in [5.74, 6) is -0.777. The second-order valence-electron chi connectivity index (χ2n) is 4.67. The lowest BCUT2D eigenvalue weighted by Crippen LogP contribution is -2.06. The fraction of sp³-hybridized carbons (Fsp3) is 0.250. The summed E-state index contributed by atoms with van der Waals surface area (Å²) in [5.41, 5.74) is 1.28. The van der Waals surface area contributed by atoms with Crippen molar-refractivity contribution in [2.45, 2.75) is 19.4 Å². The number of benzene rings is 2. The molecule has 20 heavy (non-hydrogen) atoms. The van der Waals surface area contributed by atoms with Gasteiger partial charge in [-0.3, -0.25) is 0 Å². The molecule has 2 aromatic carbocycles. The largest absolute Gasteiger partial charge is 0.494 e. The molecule has 0 heterocycles. The molecule has 0 aromatic heterocycles. The van der Waals surface area contributed by atoms with E-state index in [-0.39, 0.29) is 17.7 Å². The second-order valence-corrected chi connectivity index (χ2v) is 4.67. The third kappa shape index (κ3) is 2.96. The molecule has 0 aliphatic carbocycles. The number of methoxy groups -OCH3 is 1. The molecular formula is C16H16F2O2. The van der Waals surface area contributed by atoms with Crippen LogP contribution in [0.2, 0.25) is 0 Å². The van der Waals surface area contributed by atoms with Gasteiger partial charge in [-0.05, 0) is 30.2 Å². The van der Waals surface area contributed by atoms with Gasteiger partial charge in [0.25, 0.3) is 0 Å². The monoisotopic (exact) mass is 278 g/mol. The molecular weight excluding hydrogens is 262 g/mol. The number of aliphatic hydroxyl groups excluding tert-OH is 1. The van der Waals surface area contributed by atoms with Crippen LogP contribution in [-0.2, 0) is 6.42 Å². The van der Waals surface area contributed by atoms with Gasteiger partial charge in [0.05, 0.1) is 13.2 Å². The van der Waals surface area contributed by atoms with Crippen molar-refractivity contribution in [3.05, 3.63) is 64.7 Å². The standard InChI is InChI=1S/C16H16F2O2/c1-10-4-3-5-12(16(10)18)14(19)9-11-6-7-15(20-2)13(17)8-11/h3-8,14,19H,9H2,1-2H3. The molecule has 4 heteroatoms. The van der Waals surface area contributed by atoms with Crippen LogP contribution in [0.5, 0.6) is 5.75 Å². The van der Waals surface area contributed by atoms with Crippen molar-refractivity contribution in [1.82, 2.24) is 0 Å². The Hall–Kier alpha value is -1.94. The van der Waals surface area contributed by atoms with Crippen LogP contribution in [0.4, 0.5) is 8.78 Å². The zero-order chi connectivity index (χ0) is 14.7. The Morgan fingerprint density at radius 3 is 2.60 bits per heavy atom. The molecule has 0 radical (unpaired) electrons. The summed E-state index contributed by atoms with van der Waals surface area (Å²) in [6.45, 7) is 1.64. The van der Waals surface area contributed by atoms with Crippen LogP contribution in [0, 0.1) is 18.6 Å². The summed E-state index contributed by atoms with van der Waals surface area (Å²) >= 11 is 0. The average Bonchev–Trinajstić information content (AvgIpc) is 2.42. The van der Waals surface area contributed by atoms with Gasteiger partial charge in [0.15, 0.2) is 11.6 Å². The number of aliphatic hydroxyl groups is 1. The van der Waals surface area contributed by atoms with Gasteiger partial charge in [-0.2, -0.15) is 0 Å². The lowest BCUT2D eigenvalue weighted by Gasteiger charge is -2.14. The van der Waals surface area contributed by atoms with Crippen LogP contribution in [0.25, 0.3) is 0 Å². The van der Waals surface area contributed by atoms with Crippen LogP contribution in [0.1, 0.15) is 22.8 Å². The maximum Gasteiger partial charge on any atom is 0.165 e. The van der Waals surface area contributed by atoms with Gasteiger partial charge in [0.1, 0.15) is 5.82 Å². The van der Waals surface area contributed by atoms with Crippen LogP contribution in [0.15, 0.2) is 36.4 Å². The highest BCUT2D eigenvalue weighted by atomic mass is 19.1. The number of aryl methyl sites for hydroxylation is 1. The van der Waals surface area contributed by atoms with Crippen molar-refractivity contribution in [3.8, 4) is 5.75 Å². The predicted molar refractivity (Wildman–Crippen MR) is 72.8 cm³/mol. The molecule has 1 unspecified atom stereocenters. The Bertz CT molecular complexity index is 611. The topological polar surface area (TPSA) is 29.5 Å². The van der Waals surface area contributed by atoms with Gasteiger partial charge >= 0.3 is 0 Å². The Labute approximate surface area is 116 Å². The molecule has 2 aromatic rings. The zero-order valence-corrected chi connectivity index (χ0v) is 11.4. The van der Waals surface area contributed by atoms with Gasteiger partial charge in [-0.1, -0.05) is 24.3 Å². The third-order valence-corrected chi connectivity index (χ3v) is 3.23. The van der Waals surface area contributed by atoms with E-state index in [4.69, 9.17) is 4.74 Å². The molecule has 106 valence electrons. The first-order chi connectivity index (χ1) is 9.52. The van der Waals surface area contributed by atoms with E-state index in [2.05, 4.69) is 0 Å². The number of rotatable bonds is 4. The molecule has 2 nitrogen and oxygen atoms in total. The highest BCUT2D eigenvalue weighted by Crippen LogP contribution is 2.25. The molecule has 0 aliphatic heterocycles. The Balaban J connectivity index is 2.21. The predicted octanol–water partition coefficient (Wildman–Crippen LogP) is 3.56. The van der Waals surface area contributed by atoms with Gasteiger partial charge in [-0.15, -0.1) is 0 Å². The first-order valence-corrected chi connectivity index (χ1v) is 6.28. The molecule has 1 N–H and O–H groups in total. The quantitative estimate of drug-likeness (QED) is 0.926. The Morgan fingerprint density at radius 1 is 1.20 bits per heavy atom. The fourth-order valence-electron chi connectivity index (χ4n) is 2.10. The minimum Gasteiger partial charge on any atom is -0.494 e. The van der Waals surface area contributed by atoms with E-state index in [1.807, 2.05) is 0 Å². The lowest BCUT2D eigenvalue weighted by molar-refractivity contribution is 0.173. The number of ether oxygens (including phenoxy) is 1. The van der Waals surface area contributed by atoms with Gasteiger partial charge in [0.2, 0.25) is 0 Å². The van der Waals surface area contributed by atoms with E-state index in [0.29, 0.717) is 11.1 Å². The zero-order valence-electron chi connectivity index (χ0n) is 11.4. The van der Waals surface area contributed by atoms with Gasteiger partial charge in [-0.25, -0.2) is 8.78 Å². The fourth-order valence-corrected chi connectivity index (χ4v) is 2.10. The minimum atomic E-state index is -1.01. The highest BCUT2D eigenvalue weighted by Gasteiger charge is 2.15. The first kappa shape index (κ1) is 14.5. The van der Waals surface area contributed by atoms with Crippen molar-refractivity contribution in [1.29, 1.82) is 0 Å². The number of hydrogen-bond acceptors (Lipinski definition) is 2. The molecule has 2 rings (SSSR count). The summed E-state index contributed by atoms with van der Waals surface area (Å²) in [7, 11) is 1.38. The van der Waals surface area contributed by atoms with Crippen LogP contribution in [0.3, 0.4) is 0 Å². The second kappa shape index (κ2) is 6.01. The van der Waals surface area contributed by atoms with E-state index in [9.17, 15) is 13.9 Å². The highest BCUT2D eigenvalue weighted by molar-refractivity contribution is 5.32. The van der Waals surface area contributed by atoms with E-state index >= 15 is 0 Å². The summed E-state index contributed by atoms with van der Waals surface area (Å²) in [6.07, 6.45) is -0.871. The van der Waals surface area contributed by atoms with E-state index in [1.54, 1.807) is 25.1 Å². The molecule has 0 fully saturated rings. The molecule has 0 aliphatic rings. The Morgan fingerprint density at radius 2 is 1.95 bits per heavy atom.